The summed E-state index contributed by atoms with van der Waals surface area (Å²) in [6.45, 7) is 2.17. The van der Waals surface area contributed by atoms with E-state index < -0.39 is 0 Å². The molecule has 5 aromatic rings. The van der Waals surface area contributed by atoms with Crippen molar-refractivity contribution >= 4 is 17.4 Å². The zero-order valence-corrected chi connectivity index (χ0v) is 17.4. The molecule has 0 radical (unpaired) electrons. The Hall–Kier alpha value is -3.77. The summed E-state index contributed by atoms with van der Waals surface area (Å²) in [5.74, 6) is 3.81. The van der Waals surface area contributed by atoms with Crippen LogP contribution in [0.4, 0.5) is 0 Å². The number of ether oxygens (including phenoxy) is 2. The fourth-order valence-electron chi connectivity index (χ4n) is 3.15. The van der Waals surface area contributed by atoms with Crippen LogP contribution in [0.15, 0.2) is 83.3 Å². The monoisotopic (exact) mass is 431 g/mol. The first-order valence-electron chi connectivity index (χ1n) is 9.73. The summed E-state index contributed by atoms with van der Waals surface area (Å²) in [4.78, 5) is 4.46. The van der Waals surface area contributed by atoms with Gasteiger partial charge < -0.3 is 13.9 Å². The van der Waals surface area contributed by atoms with Crippen LogP contribution in [0, 0.1) is 6.92 Å². The Morgan fingerprint density at radius 1 is 0.871 bits per heavy atom. The number of nitrogens with zero attached hydrogens (tertiary/aromatic N) is 3. The minimum absolute atomic E-state index is 0.261. The van der Waals surface area contributed by atoms with Crippen LogP contribution in [0.5, 0.6) is 17.2 Å². The lowest BCUT2D eigenvalue weighted by atomic mass is 10.2. The van der Waals surface area contributed by atoms with Crippen LogP contribution in [0.1, 0.15) is 11.5 Å². The molecule has 0 saturated heterocycles. The van der Waals surface area contributed by atoms with Gasteiger partial charge in [0, 0.05) is 5.56 Å². The molecule has 0 unspecified atom stereocenters. The molecule has 7 heteroatoms. The van der Waals surface area contributed by atoms with E-state index in [0.29, 0.717) is 28.2 Å². The molecule has 0 aliphatic carbocycles. The maximum Gasteiger partial charge on any atom is 0.325 e. The zero-order valence-electron chi connectivity index (χ0n) is 16.7. The fourth-order valence-corrected chi connectivity index (χ4v) is 3.37. The van der Waals surface area contributed by atoms with E-state index in [1.807, 2.05) is 85.8 Å². The van der Waals surface area contributed by atoms with Gasteiger partial charge in [0.15, 0.2) is 11.6 Å². The highest BCUT2D eigenvalue weighted by atomic mass is 35.5. The number of halogens is 1. The topological polar surface area (TPSA) is 61.8 Å². The van der Waals surface area contributed by atoms with E-state index in [9.17, 15) is 0 Å². The van der Waals surface area contributed by atoms with Crippen molar-refractivity contribution < 1.29 is 13.9 Å². The average molecular weight is 432 g/mol. The van der Waals surface area contributed by atoms with Gasteiger partial charge in [0.2, 0.25) is 0 Å². The Bertz CT molecular complexity index is 1330. The number of hydrogen-bond acceptors (Lipinski definition) is 5. The summed E-state index contributed by atoms with van der Waals surface area (Å²) in [5.41, 5.74) is 1.59. The highest BCUT2D eigenvalue weighted by molar-refractivity contribution is 6.33. The summed E-state index contributed by atoms with van der Waals surface area (Å²) in [6, 6.07) is 24.5. The third-order valence-electron chi connectivity index (χ3n) is 4.80. The van der Waals surface area contributed by atoms with Gasteiger partial charge in [-0.05, 0) is 55.5 Å². The predicted octanol–water partition coefficient (Wildman–Crippen LogP) is 6.32. The molecule has 6 nitrogen and oxygen atoms in total. The number of fused-ring (bicyclic) bond motifs is 1. The molecule has 0 amide bonds. The molecule has 0 bridgehead atoms. The van der Waals surface area contributed by atoms with Gasteiger partial charge in [0.05, 0.1) is 10.7 Å². The third-order valence-corrected chi connectivity index (χ3v) is 5.13. The molecule has 0 N–H and O–H groups in total. The fraction of sp³-hybridized carbons (Fsp3) is 0.0833. The van der Waals surface area contributed by atoms with Gasteiger partial charge in [-0.1, -0.05) is 41.9 Å². The number of hydrogen-bond donors (Lipinski definition) is 0. The molecule has 0 aliphatic rings. The summed E-state index contributed by atoms with van der Waals surface area (Å²) >= 11 is 6.25. The minimum atomic E-state index is 0.261. The molecule has 154 valence electrons. The number of oxazole rings is 1. The summed E-state index contributed by atoms with van der Waals surface area (Å²) in [7, 11) is 0. The molecule has 5 rings (SSSR count). The molecule has 0 atom stereocenters. The van der Waals surface area contributed by atoms with Crippen LogP contribution in [-0.2, 0) is 6.61 Å². The lowest BCUT2D eigenvalue weighted by Crippen LogP contribution is -1.98. The molecule has 0 spiro atoms. The van der Waals surface area contributed by atoms with Gasteiger partial charge in [-0.2, -0.15) is 9.50 Å². The highest BCUT2D eigenvalue weighted by Crippen LogP contribution is 2.27. The lowest BCUT2D eigenvalue weighted by molar-refractivity contribution is 0.272. The molecule has 0 aliphatic heterocycles. The Balaban J connectivity index is 1.28. The molecule has 3 aromatic carbocycles. The van der Waals surface area contributed by atoms with Crippen LogP contribution in [0.25, 0.3) is 17.2 Å². The second-order valence-corrected chi connectivity index (χ2v) is 7.30. The first-order valence-corrected chi connectivity index (χ1v) is 10.1. The van der Waals surface area contributed by atoms with Crippen molar-refractivity contribution in [3.8, 4) is 28.6 Å². The Kier molecular flexibility index (Phi) is 5.06. The van der Waals surface area contributed by atoms with Gasteiger partial charge in [-0.25, -0.2) is 0 Å². The Morgan fingerprint density at radius 2 is 1.55 bits per heavy atom. The molecule has 31 heavy (non-hydrogen) atoms. The number of benzene rings is 3. The standard InChI is InChI=1S/C24H18ClN3O3/c1-16-22(31-24-26-23(27-28(16)24)20-9-5-6-10-21(20)25)15-29-17-11-13-19(14-12-17)30-18-7-3-2-4-8-18/h2-14H,15H2,1H3. The molecule has 2 aromatic heterocycles. The molecular formula is C24H18ClN3O3. The van der Waals surface area contributed by atoms with Crippen molar-refractivity contribution in [2.24, 2.45) is 0 Å². The predicted molar refractivity (Wildman–Crippen MR) is 118 cm³/mol. The van der Waals surface area contributed by atoms with E-state index >= 15 is 0 Å². The van der Waals surface area contributed by atoms with Crippen molar-refractivity contribution in [1.82, 2.24) is 14.6 Å². The van der Waals surface area contributed by atoms with E-state index in [0.717, 1.165) is 22.8 Å². The third kappa shape index (κ3) is 3.98. The van der Waals surface area contributed by atoms with Crippen LogP contribution in [-0.4, -0.2) is 14.6 Å². The normalized spacial score (nSPS) is 11.0. The van der Waals surface area contributed by atoms with E-state index in [1.54, 1.807) is 4.52 Å². The van der Waals surface area contributed by atoms with Crippen LogP contribution >= 0.6 is 11.6 Å². The van der Waals surface area contributed by atoms with Crippen molar-refractivity contribution in [2.45, 2.75) is 13.5 Å². The van der Waals surface area contributed by atoms with Gasteiger partial charge >= 0.3 is 5.84 Å². The van der Waals surface area contributed by atoms with Gasteiger partial charge in [0.1, 0.15) is 23.9 Å². The first kappa shape index (κ1) is 19.2. The van der Waals surface area contributed by atoms with Crippen LogP contribution < -0.4 is 9.47 Å². The second-order valence-electron chi connectivity index (χ2n) is 6.90. The van der Waals surface area contributed by atoms with Gasteiger partial charge in [-0.3, -0.25) is 0 Å². The summed E-state index contributed by atoms with van der Waals surface area (Å²) in [5, 5.41) is 5.12. The Morgan fingerprint density at radius 3 is 2.29 bits per heavy atom. The molecule has 0 saturated carbocycles. The summed E-state index contributed by atoms with van der Waals surface area (Å²) < 4.78 is 19.2. The Labute approximate surface area is 183 Å². The number of rotatable bonds is 6. The van der Waals surface area contributed by atoms with E-state index in [-0.39, 0.29) is 6.61 Å². The van der Waals surface area contributed by atoms with Crippen LogP contribution in [0.2, 0.25) is 5.02 Å². The van der Waals surface area contributed by atoms with E-state index in [4.69, 9.17) is 25.5 Å². The summed E-state index contributed by atoms with van der Waals surface area (Å²) in [6.07, 6.45) is 0. The SMILES string of the molecule is Cc1c(COc2ccc(Oc3ccccc3)cc2)oc2nc(-c3ccccc3Cl)nn12. The quantitative estimate of drug-likeness (QED) is 0.314. The average Bonchev–Trinajstić information content (AvgIpc) is 3.33. The maximum absolute atomic E-state index is 6.25. The van der Waals surface area contributed by atoms with Crippen molar-refractivity contribution in [3.63, 3.8) is 0 Å². The van der Waals surface area contributed by atoms with Gasteiger partial charge in [-0.15, -0.1) is 5.10 Å². The molecular weight excluding hydrogens is 414 g/mol. The molecule has 2 heterocycles. The van der Waals surface area contributed by atoms with Crippen LogP contribution in [0.3, 0.4) is 0 Å². The van der Waals surface area contributed by atoms with E-state index in [2.05, 4.69) is 10.1 Å². The smallest absolute Gasteiger partial charge is 0.325 e. The van der Waals surface area contributed by atoms with E-state index in [1.165, 1.54) is 0 Å². The lowest BCUT2D eigenvalue weighted by Gasteiger charge is -2.08. The number of para-hydroxylation sites is 1. The van der Waals surface area contributed by atoms with Gasteiger partial charge in [0.25, 0.3) is 0 Å². The largest absolute Gasteiger partial charge is 0.486 e. The van der Waals surface area contributed by atoms with Crippen molar-refractivity contribution in [1.29, 1.82) is 0 Å². The maximum atomic E-state index is 6.25. The zero-order chi connectivity index (χ0) is 21.2. The van der Waals surface area contributed by atoms with Crippen molar-refractivity contribution in [2.75, 3.05) is 0 Å². The van der Waals surface area contributed by atoms with Crippen molar-refractivity contribution in [3.05, 3.63) is 95.3 Å². The second kappa shape index (κ2) is 8.16. The number of aryl methyl sites for hydroxylation is 1. The molecule has 0 fully saturated rings. The first-order chi connectivity index (χ1) is 15.2. The highest BCUT2D eigenvalue weighted by Gasteiger charge is 2.17. The number of aromatic nitrogens is 3. The minimum Gasteiger partial charge on any atom is -0.486 e.